The van der Waals surface area contributed by atoms with Crippen LogP contribution >= 0.6 is 38.5 Å². The van der Waals surface area contributed by atoms with E-state index in [1.54, 1.807) is 12.1 Å². The molecule has 3 aromatic rings. The van der Waals surface area contributed by atoms with Gasteiger partial charge in [0, 0.05) is 9.26 Å². The summed E-state index contributed by atoms with van der Waals surface area (Å²) in [6, 6.07) is 19.3. The molecule has 1 amide bonds. The van der Waals surface area contributed by atoms with Crippen molar-refractivity contribution in [3.05, 3.63) is 90.5 Å². The lowest BCUT2D eigenvalue weighted by molar-refractivity contribution is -0.112. The number of benzene rings is 3. The number of ether oxygens (including phenoxy) is 2. The molecule has 0 fully saturated rings. The first kappa shape index (κ1) is 25.8. The molecular weight excluding hydrogens is 607 g/mol. The normalized spacial score (nSPS) is 11.0. The lowest BCUT2D eigenvalue weighted by atomic mass is 10.1. The highest BCUT2D eigenvalue weighted by atomic mass is 127. The third kappa shape index (κ3) is 6.84. The number of nitriles is 1. The number of anilines is 1. The molecule has 0 aromatic heterocycles. The van der Waals surface area contributed by atoms with Gasteiger partial charge in [0.05, 0.1) is 11.1 Å². The van der Waals surface area contributed by atoms with Crippen LogP contribution in [0.5, 0.6) is 11.5 Å². The van der Waals surface area contributed by atoms with E-state index in [2.05, 4.69) is 43.8 Å². The Kier molecular flexibility index (Phi) is 9.13. The highest BCUT2D eigenvalue weighted by molar-refractivity contribution is 14.1. The maximum atomic E-state index is 12.7. The van der Waals surface area contributed by atoms with Crippen LogP contribution in [0.25, 0.3) is 6.08 Å². The maximum Gasteiger partial charge on any atom is 0.266 e. The summed E-state index contributed by atoms with van der Waals surface area (Å²) >= 11 is 5.81. The van der Waals surface area contributed by atoms with Gasteiger partial charge in [0.2, 0.25) is 0 Å². The van der Waals surface area contributed by atoms with Crippen molar-refractivity contribution in [3.8, 4) is 17.6 Å². The summed E-state index contributed by atoms with van der Waals surface area (Å²) in [6.07, 6.45) is 1.53. The lowest BCUT2D eigenvalue weighted by Gasteiger charge is -2.15. The molecule has 174 valence electrons. The average Bonchev–Trinajstić information content (AvgIpc) is 2.80. The quantitative estimate of drug-likeness (QED) is 0.162. The van der Waals surface area contributed by atoms with Gasteiger partial charge < -0.3 is 14.8 Å². The molecule has 0 atom stereocenters. The Balaban J connectivity index is 1.84. The molecule has 0 spiro atoms. The summed E-state index contributed by atoms with van der Waals surface area (Å²) in [6.45, 7) is 6.69. The molecule has 7 heteroatoms. The zero-order valence-electron chi connectivity index (χ0n) is 19.1. The van der Waals surface area contributed by atoms with Crippen LogP contribution in [-0.2, 0) is 11.4 Å². The van der Waals surface area contributed by atoms with E-state index in [9.17, 15) is 10.1 Å². The smallest absolute Gasteiger partial charge is 0.266 e. The van der Waals surface area contributed by atoms with Gasteiger partial charge in [0.25, 0.3) is 5.91 Å². The third-order valence-corrected chi connectivity index (χ3v) is 6.38. The Morgan fingerprint density at radius 2 is 1.82 bits per heavy atom. The molecule has 1 N–H and O–H groups in total. The molecule has 0 aliphatic carbocycles. The van der Waals surface area contributed by atoms with Gasteiger partial charge in [-0.15, -0.1) is 0 Å². The van der Waals surface area contributed by atoms with Crippen LogP contribution < -0.4 is 14.8 Å². The van der Waals surface area contributed by atoms with Crippen LogP contribution in [0.3, 0.4) is 0 Å². The topological polar surface area (TPSA) is 71.3 Å². The minimum absolute atomic E-state index is 0.0138. The molecule has 0 radical (unpaired) electrons. The zero-order valence-corrected chi connectivity index (χ0v) is 22.9. The first-order chi connectivity index (χ1) is 16.3. The zero-order chi connectivity index (χ0) is 24.7. The molecule has 3 aromatic carbocycles. The molecule has 0 aliphatic heterocycles. The summed E-state index contributed by atoms with van der Waals surface area (Å²) in [4.78, 5) is 12.7. The largest absolute Gasteiger partial charge is 0.490 e. The van der Waals surface area contributed by atoms with Crippen molar-refractivity contribution in [3.63, 3.8) is 0 Å². The number of nitrogens with one attached hydrogen (secondary N) is 1. The fourth-order valence-corrected chi connectivity index (χ4v) is 4.08. The van der Waals surface area contributed by atoms with E-state index < -0.39 is 5.91 Å². The highest BCUT2D eigenvalue weighted by Crippen LogP contribution is 2.38. The predicted molar refractivity (Wildman–Crippen MR) is 147 cm³/mol. The average molecular weight is 631 g/mol. The number of hydrogen-bond acceptors (Lipinski definition) is 4. The first-order valence-electron chi connectivity index (χ1n) is 10.6. The van der Waals surface area contributed by atoms with Gasteiger partial charge in [0.1, 0.15) is 18.2 Å². The van der Waals surface area contributed by atoms with Crippen molar-refractivity contribution in [2.75, 3.05) is 11.9 Å². The number of aryl methyl sites for hydroxylation is 2. The van der Waals surface area contributed by atoms with Gasteiger partial charge in [-0.1, -0.05) is 18.2 Å². The van der Waals surface area contributed by atoms with E-state index in [1.165, 1.54) is 6.08 Å². The van der Waals surface area contributed by atoms with Crippen molar-refractivity contribution >= 4 is 56.2 Å². The standard InChI is InChI=1S/C27H24BrIN2O3/c1-4-33-25-14-20(13-24(28)26(25)34-16-19-6-8-22(29)9-7-19)12-21(15-30)27(32)31-23-10-5-17(2)18(3)11-23/h5-14H,4,16H2,1-3H3,(H,31,32)/b21-12+. The van der Waals surface area contributed by atoms with Gasteiger partial charge >= 0.3 is 0 Å². The van der Waals surface area contributed by atoms with E-state index in [0.717, 1.165) is 20.3 Å². The van der Waals surface area contributed by atoms with Crippen molar-refractivity contribution in [1.82, 2.24) is 0 Å². The molecule has 3 rings (SSSR count). The number of halogens is 2. The van der Waals surface area contributed by atoms with Crippen LogP contribution in [0.2, 0.25) is 0 Å². The van der Waals surface area contributed by atoms with E-state index in [1.807, 2.05) is 69.3 Å². The maximum absolute atomic E-state index is 12.7. The van der Waals surface area contributed by atoms with Crippen LogP contribution in [0.15, 0.2) is 64.6 Å². The lowest BCUT2D eigenvalue weighted by Crippen LogP contribution is -2.13. The summed E-state index contributed by atoms with van der Waals surface area (Å²) in [5, 5.41) is 12.4. The van der Waals surface area contributed by atoms with E-state index in [-0.39, 0.29) is 5.57 Å². The van der Waals surface area contributed by atoms with Gasteiger partial charge in [-0.25, -0.2) is 0 Å². The molecule has 0 heterocycles. The third-order valence-electron chi connectivity index (χ3n) is 5.07. The number of hydrogen-bond donors (Lipinski definition) is 1. The Hall–Kier alpha value is -2.83. The molecule has 0 saturated heterocycles. The number of rotatable bonds is 8. The highest BCUT2D eigenvalue weighted by Gasteiger charge is 2.15. The Morgan fingerprint density at radius 3 is 2.47 bits per heavy atom. The molecular formula is C27H24BrIN2O3. The Bertz CT molecular complexity index is 1260. The van der Waals surface area contributed by atoms with E-state index >= 15 is 0 Å². The van der Waals surface area contributed by atoms with Crippen molar-refractivity contribution in [1.29, 1.82) is 5.26 Å². The molecule has 0 aliphatic rings. The van der Waals surface area contributed by atoms with E-state index in [0.29, 0.717) is 40.4 Å². The number of nitrogens with zero attached hydrogens (tertiary/aromatic N) is 1. The predicted octanol–water partition coefficient (Wildman–Crippen LogP) is 7.19. The molecule has 0 unspecified atom stereocenters. The van der Waals surface area contributed by atoms with E-state index in [4.69, 9.17) is 9.47 Å². The van der Waals surface area contributed by atoms with Gasteiger partial charge in [-0.05, 0) is 124 Å². The second kappa shape index (κ2) is 12.0. The first-order valence-corrected chi connectivity index (χ1v) is 12.5. The fourth-order valence-electron chi connectivity index (χ4n) is 3.14. The van der Waals surface area contributed by atoms with Crippen molar-refractivity contribution in [2.45, 2.75) is 27.4 Å². The molecule has 0 saturated carbocycles. The molecule has 5 nitrogen and oxygen atoms in total. The van der Waals surface area contributed by atoms with Crippen LogP contribution in [0.4, 0.5) is 5.69 Å². The van der Waals surface area contributed by atoms with Crippen molar-refractivity contribution in [2.24, 2.45) is 0 Å². The van der Waals surface area contributed by atoms with Crippen LogP contribution in [-0.4, -0.2) is 12.5 Å². The van der Waals surface area contributed by atoms with Crippen LogP contribution in [0.1, 0.15) is 29.2 Å². The molecule has 0 bridgehead atoms. The van der Waals surface area contributed by atoms with Crippen molar-refractivity contribution < 1.29 is 14.3 Å². The Labute approximate surface area is 222 Å². The molecule has 34 heavy (non-hydrogen) atoms. The second-order valence-corrected chi connectivity index (χ2v) is 9.70. The summed E-state index contributed by atoms with van der Waals surface area (Å²) in [5.41, 5.74) is 4.50. The number of carbonyl (C=O) groups excluding carboxylic acids is 1. The monoisotopic (exact) mass is 630 g/mol. The van der Waals surface area contributed by atoms with Gasteiger partial charge in [0.15, 0.2) is 11.5 Å². The summed E-state index contributed by atoms with van der Waals surface area (Å²) in [5.74, 6) is 0.620. The number of amides is 1. The Morgan fingerprint density at radius 1 is 1.09 bits per heavy atom. The van der Waals surface area contributed by atoms with Gasteiger partial charge in [-0.3, -0.25) is 4.79 Å². The SMILES string of the molecule is CCOc1cc(/C=C(\C#N)C(=O)Nc2ccc(C)c(C)c2)cc(Br)c1OCc1ccc(I)cc1. The van der Waals surface area contributed by atoms with Crippen LogP contribution in [0, 0.1) is 28.7 Å². The second-order valence-electron chi connectivity index (χ2n) is 7.60. The minimum Gasteiger partial charge on any atom is -0.490 e. The summed E-state index contributed by atoms with van der Waals surface area (Å²) < 4.78 is 13.7. The summed E-state index contributed by atoms with van der Waals surface area (Å²) in [7, 11) is 0. The van der Waals surface area contributed by atoms with Gasteiger partial charge in [-0.2, -0.15) is 5.26 Å². The number of carbonyl (C=O) groups is 1. The minimum atomic E-state index is -0.473. The fraction of sp³-hybridized carbons (Fsp3) is 0.185.